The van der Waals surface area contributed by atoms with Crippen molar-refractivity contribution in [3.05, 3.63) is 42.1 Å². The Balaban J connectivity index is 1.41. The lowest BCUT2D eigenvalue weighted by Gasteiger charge is -2.32. The first-order valence-corrected chi connectivity index (χ1v) is 13.1. The Hall–Kier alpha value is -2.80. The molecule has 1 aliphatic heterocycles. The van der Waals surface area contributed by atoms with Crippen LogP contribution >= 0.6 is 0 Å². The molecule has 1 aliphatic carbocycles. The first-order chi connectivity index (χ1) is 17.9. The summed E-state index contributed by atoms with van der Waals surface area (Å²) in [7, 11) is 1.71. The van der Waals surface area contributed by atoms with Gasteiger partial charge in [-0.05, 0) is 69.7 Å². The number of benzene rings is 1. The SMILES string of the molecule is COC[C@@H](C)N[C@H]1CC[C@H](Nc2cc(-c3cc(NCC4(C#N)CCOCC4)ccc3F)c(F)cn2)CC1. The largest absolute Gasteiger partial charge is 0.383 e. The Morgan fingerprint density at radius 2 is 1.81 bits per heavy atom. The third kappa shape index (κ3) is 7.16. The minimum Gasteiger partial charge on any atom is -0.383 e. The molecule has 1 saturated carbocycles. The second-order valence-corrected chi connectivity index (χ2v) is 10.3. The Morgan fingerprint density at radius 3 is 2.51 bits per heavy atom. The van der Waals surface area contributed by atoms with Gasteiger partial charge < -0.3 is 25.4 Å². The standard InChI is InChI=1S/C28H37F2N5O2/c1-19(16-36-2)34-20-3-5-21(6-4-20)35-27-14-24(26(30)15-32-27)23-13-22(7-8-25(23)29)33-18-28(17-31)9-11-37-12-10-28/h7-8,13-15,19-21,33-34H,3-6,9-12,16,18H2,1-2H3,(H,32,35)/t19-,20-,21-/m1/s1. The van der Waals surface area contributed by atoms with Crippen LogP contribution in [0.5, 0.6) is 0 Å². The van der Waals surface area contributed by atoms with Gasteiger partial charge in [0.15, 0.2) is 0 Å². The molecule has 1 aromatic carbocycles. The number of nitrogens with one attached hydrogen (secondary N) is 3. The number of hydrogen-bond acceptors (Lipinski definition) is 7. The van der Waals surface area contributed by atoms with Gasteiger partial charge in [-0.3, -0.25) is 0 Å². The zero-order valence-electron chi connectivity index (χ0n) is 21.7. The van der Waals surface area contributed by atoms with E-state index < -0.39 is 17.0 Å². The molecule has 0 bridgehead atoms. The van der Waals surface area contributed by atoms with Crippen molar-refractivity contribution in [2.24, 2.45) is 5.41 Å². The van der Waals surface area contributed by atoms with Crippen LogP contribution in [0.25, 0.3) is 11.1 Å². The highest BCUT2D eigenvalue weighted by atomic mass is 19.1. The topological polar surface area (TPSA) is 91.2 Å². The van der Waals surface area contributed by atoms with Gasteiger partial charge in [0, 0.05) is 61.8 Å². The first-order valence-electron chi connectivity index (χ1n) is 13.1. The molecule has 1 saturated heterocycles. The second-order valence-electron chi connectivity index (χ2n) is 10.3. The van der Waals surface area contributed by atoms with Crippen molar-refractivity contribution in [2.75, 3.05) is 44.1 Å². The van der Waals surface area contributed by atoms with Crippen molar-refractivity contribution < 1.29 is 18.3 Å². The van der Waals surface area contributed by atoms with E-state index in [-0.39, 0.29) is 17.2 Å². The highest BCUT2D eigenvalue weighted by Gasteiger charge is 2.32. The van der Waals surface area contributed by atoms with E-state index in [1.165, 1.54) is 6.07 Å². The van der Waals surface area contributed by atoms with E-state index in [2.05, 4.69) is 33.9 Å². The van der Waals surface area contributed by atoms with Crippen LogP contribution < -0.4 is 16.0 Å². The van der Waals surface area contributed by atoms with Crippen LogP contribution in [-0.2, 0) is 9.47 Å². The van der Waals surface area contributed by atoms with Gasteiger partial charge in [-0.1, -0.05) is 0 Å². The summed E-state index contributed by atoms with van der Waals surface area (Å²) in [5.74, 6) is -0.567. The molecule has 2 heterocycles. The van der Waals surface area contributed by atoms with E-state index >= 15 is 0 Å². The van der Waals surface area contributed by atoms with Crippen LogP contribution in [0.2, 0.25) is 0 Å². The molecule has 0 spiro atoms. The number of anilines is 2. The maximum atomic E-state index is 14.8. The lowest BCUT2D eigenvalue weighted by Crippen LogP contribution is -2.42. The number of methoxy groups -OCH3 is 1. The highest BCUT2D eigenvalue weighted by Crippen LogP contribution is 2.33. The molecule has 0 unspecified atom stereocenters. The first kappa shape index (κ1) is 27.2. The highest BCUT2D eigenvalue weighted by molar-refractivity contribution is 5.71. The monoisotopic (exact) mass is 513 g/mol. The summed E-state index contributed by atoms with van der Waals surface area (Å²) in [5.41, 5.74) is 0.425. The maximum Gasteiger partial charge on any atom is 0.149 e. The van der Waals surface area contributed by atoms with E-state index in [9.17, 15) is 14.0 Å². The Bertz CT molecular complexity index is 1080. The molecule has 2 aliphatic rings. The summed E-state index contributed by atoms with van der Waals surface area (Å²) in [6.07, 6.45) is 6.41. The number of aromatic nitrogens is 1. The third-order valence-electron chi connectivity index (χ3n) is 7.45. The number of ether oxygens (including phenoxy) is 2. The molecule has 0 amide bonds. The van der Waals surface area contributed by atoms with Crippen molar-refractivity contribution >= 4 is 11.5 Å². The van der Waals surface area contributed by atoms with E-state index in [4.69, 9.17) is 9.47 Å². The predicted molar refractivity (Wildman–Crippen MR) is 140 cm³/mol. The quantitative estimate of drug-likeness (QED) is 0.407. The molecule has 9 heteroatoms. The summed E-state index contributed by atoms with van der Waals surface area (Å²) in [5, 5.41) is 20.0. The fraction of sp³-hybridized carbons (Fsp3) is 0.571. The van der Waals surface area contributed by atoms with E-state index in [1.54, 1.807) is 25.3 Å². The van der Waals surface area contributed by atoms with Gasteiger partial charge in [0.05, 0.1) is 24.3 Å². The molecule has 3 N–H and O–H groups in total. The van der Waals surface area contributed by atoms with Gasteiger partial charge in [-0.15, -0.1) is 0 Å². The molecule has 1 aromatic heterocycles. The number of nitrogens with zero attached hydrogens (tertiary/aromatic N) is 2. The smallest absolute Gasteiger partial charge is 0.149 e. The second kappa shape index (κ2) is 12.6. The fourth-order valence-corrected chi connectivity index (χ4v) is 5.24. The zero-order valence-corrected chi connectivity index (χ0v) is 21.7. The number of pyridine rings is 1. The van der Waals surface area contributed by atoms with Crippen molar-refractivity contribution in [3.63, 3.8) is 0 Å². The molecule has 7 nitrogen and oxygen atoms in total. The summed E-state index contributed by atoms with van der Waals surface area (Å²) in [6, 6.07) is 9.51. The maximum absolute atomic E-state index is 14.8. The number of hydrogen-bond donors (Lipinski definition) is 3. The van der Waals surface area contributed by atoms with E-state index in [1.807, 2.05) is 0 Å². The molecule has 2 fully saturated rings. The molecule has 2 aromatic rings. The van der Waals surface area contributed by atoms with Gasteiger partial charge in [0.1, 0.15) is 17.5 Å². The Labute approximate surface area is 218 Å². The van der Waals surface area contributed by atoms with Crippen LogP contribution in [0.4, 0.5) is 20.3 Å². The summed E-state index contributed by atoms with van der Waals surface area (Å²) in [6.45, 7) is 4.32. The molecular formula is C28H37F2N5O2. The Kier molecular flexibility index (Phi) is 9.30. The normalized spacial score (nSPS) is 22.1. The van der Waals surface area contributed by atoms with E-state index in [0.29, 0.717) is 62.8 Å². The summed E-state index contributed by atoms with van der Waals surface area (Å²) < 4.78 is 40.3. The van der Waals surface area contributed by atoms with Gasteiger partial charge in [0.25, 0.3) is 0 Å². The van der Waals surface area contributed by atoms with Crippen molar-refractivity contribution in [2.45, 2.75) is 63.6 Å². The molecule has 200 valence electrons. The van der Waals surface area contributed by atoms with Crippen LogP contribution in [0.15, 0.2) is 30.5 Å². The summed E-state index contributed by atoms with van der Waals surface area (Å²) >= 11 is 0. The number of rotatable bonds is 10. The van der Waals surface area contributed by atoms with Crippen molar-refractivity contribution in [1.29, 1.82) is 5.26 Å². The van der Waals surface area contributed by atoms with Gasteiger partial charge in [-0.25, -0.2) is 13.8 Å². The number of nitriles is 1. The summed E-state index contributed by atoms with van der Waals surface area (Å²) in [4.78, 5) is 4.22. The average Bonchev–Trinajstić information content (AvgIpc) is 2.91. The minimum atomic E-state index is -0.584. The zero-order chi connectivity index (χ0) is 26.3. The van der Waals surface area contributed by atoms with E-state index in [0.717, 1.165) is 31.9 Å². The van der Waals surface area contributed by atoms with Crippen LogP contribution in [0.1, 0.15) is 45.4 Å². The Morgan fingerprint density at radius 1 is 1.11 bits per heavy atom. The average molecular weight is 514 g/mol. The number of halogens is 2. The van der Waals surface area contributed by atoms with Crippen molar-refractivity contribution in [1.82, 2.24) is 10.3 Å². The van der Waals surface area contributed by atoms with Gasteiger partial charge >= 0.3 is 0 Å². The van der Waals surface area contributed by atoms with Gasteiger partial charge in [-0.2, -0.15) is 5.26 Å². The van der Waals surface area contributed by atoms with Gasteiger partial charge in [0.2, 0.25) is 0 Å². The van der Waals surface area contributed by atoms with Crippen LogP contribution in [0.3, 0.4) is 0 Å². The molecular weight excluding hydrogens is 476 g/mol. The van der Waals surface area contributed by atoms with Crippen LogP contribution in [-0.4, -0.2) is 56.6 Å². The minimum absolute atomic E-state index is 0.156. The molecule has 4 rings (SSSR count). The lowest BCUT2D eigenvalue weighted by atomic mass is 9.81. The lowest BCUT2D eigenvalue weighted by molar-refractivity contribution is 0.0456. The van der Waals surface area contributed by atoms with Crippen molar-refractivity contribution in [3.8, 4) is 17.2 Å². The fourth-order valence-electron chi connectivity index (χ4n) is 5.24. The van der Waals surface area contributed by atoms with Crippen LogP contribution in [0, 0.1) is 28.4 Å². The predicted octanol–water partition coefficient (Wildman–Crippen LogP) is 5.11. The third-order valence-corrected chi connectivity index (χ3v) is 7.45. The molecule has 1 atom stereocenters. The molecule has 0 radical (unpaired) electrons. The molecule has 37 heavy (non-hydrogen) atoms.